The number of fused-ring (bicyclic) bond motifs is 1. The van der Waals surface area contributed by atoms with E-state index in [-0.39, 0.29) is 28.6 Å². The maximum atomic E-state index is 13.0. The molecule has 2 heterocycles. The quantitative estimate of drug-likeness (QED) is 0.679. The van der Waals surface area contributed by atoms with Crippen LogP contribution >= 0.6 is 11.6 Å². The molecule has 0 saturated carbocycles. The molecule has 0 unspecified atom stereocenters. The molecule has 2 aromatic heterocycles. The number of amides is 1. The third-order valence-corrected chi connectivity index (χ3v) is 4.45. The Balaban J connectivity index is 2.32. The molecule has 8 nitrogen and oxygen atoms in total. The summed E-state index contributed by atoms with van der Waals surface area (Å²) in [5.74, 6) is -0.346. The molecule has 0 aliphatic heterocycles. The van der Waals surface area contributed by atoms with Crippen LogP contribution in [0.1, 0.15) is 19.8 Å². The van der Waals surface area contributed by atoms with Crippen molar-refractivity contribution in [2.24, 2.45) is 7.05 Å². The molecule has 27 heavy (non-hydrogen) atoms. The van der Waals surface area contributed by atoms with Crippen LogP contribution in [0.15, 0.2) is 39.9 Å². The lowest BCUT2D eigenvalue weighted by Crippen LogP contribution is -2.53. The number of hydrogen-bond donors (Lipinski definition) is 0. The zero-order chi connectivity index (χ0) is 19.7. The van der Waals surface area contributed by atoms with E-state index in [2.05, 4.69) is 9.97 Å². The number of benzene rings is 1. The summed E-state index contributed by atoms with van der Waals surface area (Å²) in [6.07, 6.45) is 0.811. The standard InChI is InChI=1S/C18H18ClN5O3/c1-4-8-12(25)23(3)24-17(26)14-16(22(2)18(24)27)21-15(19)13(20-14)11-9-6-5-7-10-11/h5-7,9-10H,4,8H2,1-3H3. The van der Waals surface area contributed by atoms with Crippen LogP contribution in [0.2, 0.25) is 5.15 Å². The minimum atomic E-state index is -0.721. The van der Waals surface area contributed by atoms with Gasteiger partial charge in [0.05, 0.1) is 0 Å². The summed E-state index contributed by atoms with van der Waals surface area (Å²) in [6, 6.07) is 9.05. The van der Waals surface area contributed by atoms with E-state index in [1.165, 1.54) is 14.1 Å². The van der Waals surface area contributed by atoms with Crippen LogP contribution in [-0.4, -0.2) is 32.2 Å². The first-order valence-corrected chi connectivity index (χ1v) is 8.76. The topological polar surface area (TPSA) is 90.1 Å². The highest BCUT2D eigenvalue weighted by molar-refractivity contribution is 6.32. The lowest BCUT2D eigenvalue weighted by atomic mass is 10.1. The summed E-state index contributed by atoms with van der Waals surface area (Å²) >= 11 is 6.25. The van der Waals surface area contributed by atoms with E-state index in [1.54, 1.807) is 12.1 Å². The number of carbonyl (C=O) groups excluding carboxylic acids is 1. The van der Waals surface area contributed by atoms with E-state index in [9.17, 15) is 14.4 Å². The number of hydrogen-bond acceptors (Lipinski definition) is 5. The smallest absolute Gasteiger partial charge is 0.278 e. The maximum Gasteiger partial charge on any atom is 0.352 e. The van der Waals surface area contributed by atoms with Crippen molar-refractivity contribution in [3.8, 4) is 11.3 Å². The Labute approximate surface area is 159 Å². The van der Waals surface area contributed by atoms with Gasteiger partial charge in [-0.1, -0.05) is 48.9 Å². The molecular weight excluding hydrogens is 370 g/mol. The molecule has 0 aliphatic carbocycles. The van der Waals surface area contributed by atoms with E-state index in [1.807, 2.05) is 25.1 Å². The van der Waals surface area contributed by atoms with Crippen molar-refractivity contribution in [2.75, 3.05) is 12.1 Å². The van der Waals surface area contributed by atoms with Crippen LogP contribution in [0.3, 0.4) is 0 Å². The lowest BCUT2D eigenvalue weighted by molar-refractivity contribution is -0.119. The Hall–Kier alpha value is -3.00. The number of halogens is 1. The molecule has 1 amide bonds. The van der Waals surface area contributed by atoms with E-state index in [0.717, 1.165) is 14.3 Å². The number of aryl methyl sites for hydroxylation is 1. The van der Waals surface area contributed by atoms with Gasteiger partial charge in [-0.25, -0.2) is 19.8 Å². The normalized spacial score (nSPS) is 11.0. The summed E-state index contributed by atoms with van der Waals surface area (Å²) in [5.41, 5.74) is -0.390. The van der Waals surface area contributed by atoms with Crippen LogP contribution in [0, 0.1) is 0 Å². The minimum absolute atomic E-state index is 0.0449. The van der Waals surface area contributed by atoms with Crippen molar-refractivity contribution >= 4 is 28.7 Å². The van der Waals surface area contributed by atoms with Crippen LogP contribution in [0.5, 0.6) is 0 Å². The van der Waals surface area contributed by atoms with Crippen LogP contribution < -0.4 is 16.3 Å². The molecule has 140 valence electrons. The van der Waals surface area contributed by atoms with Crippen LogP contribution in [0.4, 0.5) is 0 Å². The molecule has 0 radical (unpaired) electrons. The molecule has 0 fully saturated rings. The summed E-state index contributed by atoms with van der Waals surface area (Å²) in [7, 11) is 2.83. The van der Waals surface area contributed by atoms with Gasteiger partial charge in [-0.3, -0.25) is 14.2 Å². The first-order chi connectivity index (χ1) is 12.9. The Morgan fingerprint density at radius 3 is 2.48 bits per heavy atom. The molecule has 9 heteroatoms. The van der Waals surface area contributed by atoms with Gasteiger partial charge in [0.2, 0.25) is 5.91 Å². The predicted octanol–water partition coefficient (Wildman–Crippen LogP) is 1.71. The largest absolute Gasteiger partial charge is 0.352 e. The van der Waals surface area contributed by atoms with Crippen molar-refractivity contribution in [1.29, 1.82) is 0 Å². The monoisotopic (exact) mass is 387 g/mol. The van der Waals surface area contributed by atoms with Crippen molar-refractivity contribution in [3.05, 3.63) is 56.3 Å². The van der Waals surface area contributed by atoms with Crippen LogP contribution in [-0.2, 0) is 11.8 Å². The third-order valence-electron chi connectivity index (χ3n) is 4.19. The molecule has 3 rings (SSSR count). The van der Waals surface area contributed by atoms with Gasteiger partial charge in [-0.05, 0) is 6.42 Å². The van der Waals surface area contributed by atoms with Crippen molar-refractivity contribution < 1.29 is 4.79 Å². The average Bonchev–Trinajstić information content (AvgIpc) is 2.66. The Morgan fingerprint density at radius 1 is 1.19 bits per heavy atom. The predicted molar refractivity (Wildman–Crippen MR) is 104 cm³/mol. The van der Waals surface area contributed by atoms with E-state index < -0.39 is 11.2 Å². The molecule has 0 aliphatic rings. The van der Waals surface area contributed by atoms with Gasteiger partial charge in [0, 0.05) is 26.1 Å². The highest BCUT2D eigenvalue weighted by Gasteiger charge is 2.21. The third kappa shape index (κ3) is 3.23. The Bertz CT molecular complexity index is 1140. The van der Waals surface area contributed by atoms with E-state index in [4.69, 9.17) is 11.6 Å². The Morgan fingerprint density at radius 2 is 1.85 bits per heavy atom. The highest BCUT2D eigenvalue weighted by Crippen LogP contribution is 2.25. The summed E-state index contributed by atoms with van der Waals surface area (Å²) in [5, 5.41) is 1.10. The summed E-state index contributed by atoms with van der Waals surface area (Å²) in [4.78, 5) is 46.4. The van der Waals surface area contributed by atoms with Crippen molar-refractivity contribution in [1.82, 2.24) is 19.2 Å². The zero-order valence-corrected chi connectivity index (χ0v) is 15.9. The molecule has 1 aromatic carbocycles. The van der Waals surface area contributed by atoms with Gasteiger partial charge in [-0.2, -0.15) is 4.68 Å². The molecule has 0 spiro atoms. The number of carbonyl (C=O) groups is 1. The van der Waals surface area contributed by atoms with Gasteiger partial charge >= 0.3 is 11.2 Å². The zero-order valence-electron chi connectivity index (χ0n) is 15.1. The number of rotatable bonds is 4. The van der Waals surface area contributed by atoms with E-state index >= 15 is 0 Å². The molecule has 0 atom stereocenters. The second-order valence-electron chi connectivity index (χ2n) is 6.03. The average molecular weight is 388 g/mol. The SMILES string of the molecule is CCCC(=O)N(C)n1c(=O)c2nc(-c3ccccc3)c(Cl)nc2n(C)c1=O. The van der Waals surface area contributed by atoms with Crippen molar-refractivity contribution in [2.45, 2.75) is 19.8 Å². The lowest BCUT2D eigenvalue weighted by Gasteiger charge is -2.19. The highest BCUT2D eigenvalue weighted by atomic mass is 35.5. The Kier molecular flexibility index (Phi) is 5.09. The van der Waals surface area contributed by atoms with E-state index in [0.29, 0.717) is 17.7 Å². The number of aromatic nitrogens is 4. The van der Waals surface area contributed by atoms with Gasteiger partial charge in [0.1, 0.15) is 5.69 Å². The first kappa shape index (κ1) is 18.8. The second kappa shape index (κ2) is 7.32. The van der Waals surface area contributed by atoms with Crippen LogP contribution in [0.25, 0.3) is 22.4 Å². The molecular formula is C18H18ClN5O3. The molecule has 0 bridgehead atoms. The van der Waals surface area contributed by atoms with Crippen molar-refractivity contribution in [3.63, 3.8) is 0 Å². The second-order valence-corrected chi connectivity index (χ2v) is 6.39. The fourth-order valence-corrected chi connectivity index (χ4v) is 2.97. The fraction of sp³-hybridized carbons (Fsp3) is 0.278. The van der Waals surface area contributed by atoms with Gasteiger partial charge in [0.25, 0.3) is 0 Å². The van der Waals surface area contributed by atoms with Gasteiger partial charge in [-0.15, -0.1) is 0 Å². The number of nitrogens with zero attached hydrogens (tertiary/aromatic N) is 5. The molecule has 0 N–H and O–H groups in total. The molecule has 3 aromatic rings. The molecule has 0 saturated heterocycles. The van der Waals surface area contributed by atoms with Gasteiger partial charge < -0.3 is 0 Å². The summed E-state index contributed by atoms with van der Waals surface area (Å²) < 4.78 is 1.93. The minimum Gasteiger partial charge on any atom is -0.278 e. The maximum absolute atomic E-state index is 13.0. The summed E-state index contributed by atoms with van der Waals surface area (Å²) in [6.45, 7) is 1.84. The first-order valence-electron chi connectivity index (χ1n) is 8.38. The van der Waals surface area contributed by atoms with Gasteiger partial charge in [0.15, 0.2) is 16.3 Å². The fourth-order valence-electron chi connectivity index (χ4n) is 2.74.